The van der Waals surface area contributed by atoms with Crippen molar-refractivity contribution in [3.05, 3.63) is 0 Å². The molecular weight excluding hydrogens is 148 g/mol. The average Bonchev–Trinajstić information content (AvgIpc) is 1.85. The lowest BCUT2D eigenvalue weighted by atomic mass is 9.75. The number of alkyl halides is 2. The molecule has 0 aromatic carbocycles. The van der Waals surface area contributed by atoms with Crippen LogP contribution in [0.1, 0.15) is 20.3 Å². The molecule has 1 nitrogen and oxygen atoms in total. The minimum Gasteiger partial charge on any atom is -0.316 e. The Labute approximate surface area is 66.2 Å². The van der Waals surface area contributed by atoms with Crippen LogP contribution in [0.4, 0.5) is 8.78 Å². The number of hydrogen-bond acceptors (Lipinski definition) is 1. The van der Waals surface area contributed by atoms with Crippen molar-refractivity contribution in [2.24, 2.45) is 11.3 Å². The number of rotatable bonds is 1. The van der Waals surface area contributed by atoms with Gasteiger partial charge in [-0.25, -0.2) is 8.78 Å². The minimum atomic E-state index is -2.16. The third-order valence-corrected chi connectivity index (χ3v) is 2.52. The summed E-state index contributed by atoms with van der Waals surface area (Å²) in [5.41, 5.74) is -0.244. The molecule has 1 atom stereocenters. The van der Waals surface area contributed by atoms with Gasteiger partial charge in [0, 0.05) is 12.5 Å². The zero-order valence-electron chi connectivity index (χ0n) is 7.03. The Kier molecular flexibility index (Phi) is 2.47. The van der Waals surface area contributed by atoms with E-state index in [1.54, 1.807) is 0 Å². The van der Waals surface area contributed by atoms with Gasteiger partial charge in [0.15, 0.2) is 0 Å². The van der Waals surface area contributed by atoms with Gasteiger partial charge in [-0.05, 0) is 18.4 Å². The first-order chi connectivity index (χ1) is 5.04. The van der Waals surface area contributed by atoms with Gasteiger partial charge >= 0.3 is 0 Å². The van der Waals surface area contributed by atoms with E-state index in [0.717, 1.165) is 6.54 Å². The van der Waals surface area contributed by atoms with Crippen molar-refractivity contribution in [3.63, 3.8) is 0 Å². The number of halogens is 2. The van der Waals surface area contributed by atoms with E-state index < -0.39 is 12.3 Å². The third kappa shape index (κ3) is 1.89. The highest BCUT2D eigenvalue weighted by Crippen LogP contribution is 2.35. The summed E-state index contributed by atoms with van der Waals surface area (Å²) in [5.74, 6) is -0.427. The number of piperidine rings is 1. The van der Waals surface area contributed by atoms with E-state index in [1.807, 2.05) is 13.8 Å². The maximum atomic E-state index is 12.4. The van der Waals surface area contributed by atoms with Crippen molar-refractivity contribution >= 4 is 0 Å². The normalized spacial score (nSPS) is 30.8. The first kappa shape index (κ1) is 8.91. The quantitative estimate of drug-likeness (QED) is 0.622. The summed E-state index contributed by atoms with van der Waals surface area (Å²) in [5, 5.41) is 3.13. The van der Waals surface area contributed by atoms with Gasteiger partial charge in [-0.15, -0.1) is 0 Å². The predicted molar refractivity (Wildman–Crippen MR) is 40.8 cm³/mol. The molecule has 1 rings (SSSR count). The molecule has 0 aromatic rings. The summed E-state index contributed by atoms with van der Waals surface area (Å²) in [7, 11) is 0. The van der Waals surface area contributed by atoms with E-state index in [1.165, 1.54) is 0 Å². The standard InChI is InChI=1S/C8H15F2N/c1-8(2)5-11-4-3-6(8)7(9)10/h6-7,11H,3-5H2,1-2H3. The fourth-order valence-electron chi connectivity index (χ4n) is 1.66. The highest BCUT2D eigenvalue weighted by Gasteiger charge is 2.37. The largest absolute Gasteiger partial charge is 0.316 e. The molecule has 1 fully saturated rings. The Bertz CT molecular complexity index is 134. The fraction of sp³-hybridized carbons (Fsp3) is 1.00. The highest BCUT2D eigenvalue weighted by atomic mass is 19.3. The van der Waals surface area contributed by atoms with Gasteiger partial charge in [0.05, 0.1) is 0 Å². The lowest BCUT2D eigenvalue weighted by Crippen LogP contribution is -2.45. The molecule has 0 spiro atoms. The molecule has 1 N–H and O–H groups in total. The lowest BCUT2D eigenvalue weighted by molar-refractivity contribution is -0.00963. The molecule has 1 aliphatic rings. The zero-order valence-corrected chi connectivity index (χ0v) is 7.03. The van der Waals surface area contributed by atoms with Crippen molar-refractivity contribution in [3.8, 4) is 0 Å². The van der Waals surface area contributed by atoms with Crippen LogP contribution in [-0.4, -0.2) is 19.5 Å². The molecule has 1 heterocycles. The first-order valence-corrected chi connectivity index (χ1v) is 4.03. The van der Waals surface area contributed by atoms with Gasteiger partial charge in [0.25, 0.3) is 0 Å². The minimum absolute atomic E-state index is 0.244. The molecule has 0 amide bonds. The van der Waals surface area contributed by atoms with Crippen LogP contribution in [-0.2, 0) is 0 Å². The Morgan fingerprint density at radius 1 is 1.45 bits per heavy atom. The summed E-state index contributed by atoms with van der Waals surface area (Å²) in [6.07, 6.45) is -1.56. The maximum absolute atomic E-state index is 12.4. The molecule has 66 valence electrons. The summed E-state index contributed by atoms with van der Waals surface area (Å²) in [6.45, 7) is 5.24. The van der Waals surface area contributed by atoms with Crippen molar-refractivity contribution in [2.75, 3.05) is 13.1 Å². The third-order valence-electron chi connectivity index (χ3n) is 2.52. The molecule has 11 heavy (non-hydrogen) atoms. The van der Waals surface area contributed by atoms with E-state index in [-0.39, 0.29) is 5.41 Å². The van der Waals surface area contributed by atoms with Gasteiger partial charge in [-0.2, -0.15) is 0 Å². The van der Waals surface area contributed by atoms with Crippen molar-refractivity contribution < 1.29 is 8.78 Å². The molecule has 0 bridgehead atoms. The molecular formula is C8H15F2N. The molecule has 0 saturated carbocycles. The summed E-state index contributed by atoms with van der Waals surface area (Å²) < 4.78 is 24.8. The SMILES string of the molecule is CC1(C)CNCCC1C(F)F. The second kappa shape index (κ2) is 3.05. The van der Waals surface area contributed by atoms with Crippen LogP contribution in [0.25, 0.3) is 0 Å². The van der Waals surface area contributed by atoms with Gasteiger partial charge in [-0.3, -0.25) is 0 Å². The second-order valence-corrected chi connectivity index (χ2v) is 3.89. The second-order valence-electron chi connectivity index (χ2n) is 3.89. The van der Waals surface area contributed by atoms with Crippen LogP contribution in [0.3, 0.4) is 0 Å². The lowest BCUT2D eigenvalue weighted by Gasteiger charge is -2.38. The Morgan fingerprint density at radius 2 is 2.09 bits per heavy atom. The van der Waals surface area contributed by atoms with Gasteiger partial charge in [0.1, 0.15) is 0 Å². The molecule has 3 heteroatoms. The summed E-state index contributed by atoms with van der Waals surface area (Å²) in [4.78, 5) is 0. The molecule has 0 aromatic heterocycles. The summed E-state index contributed by atoms with van der Waals surface area (Å²) >= 11 is 0. The van der Waals surface area contributed by atoms with Gasteiger partial charge in [0.2, 0.25) is 6.43 Å². The highest BCUT2D eigenvalue weighted by molar-refractivity contribution is 4.86. The molecule has 1 aliphatic heterocycles. The van der Waals surface area contributed by atoms with Crippen LogP contribution < -0.4 is 5.32 Å². The molecule has 1 saturated heterocycles. The van der Waals surface area contributed by atoms with Gasteiger partial charge in [-0.1, -0.05) is 13.8 Å². The van der Waals surface area contributed by atoms with Crippen molar-refractivity contribution in [1.82, 2.24) is 5.32 Å². The van der Waals surface area contributed by atoms with E-state index in [2.05, 4.69) is 5.32 Å². The number of hydrogen-bond donors (Lipinski definition) is 1. The van der Waals surface area contributed by atoms with Crippen LogP contribution in [0.2, 0.25) is 0 Å². The van der Waals surface area contributed by atoms with Crippen molar-refractivity contribution in [2.45, 2.75) is 26.7 Å². The predicted octanol–water partition coefficient (Wildman–Crippen LogP) is 1.89. The number of nitrogens with one attached hydrogen (secondary N) is 1. The van der Waals surface area contributed by atoms with Crippen LogP contribution in [0.15, 0.2) is 0 Å². The smallest absolute Gasteiger partial charge is 0.242 e. The van der Waals surface area contributed by atoms with E-state index in [0.29, 0.717) is 13.0 Å². The van der Waals surface area contributed by atoms with Crippen LogP contribution >= 0.6 is 0 Å². The average molecular weight is 163 g/mol. The zero-order chi connectivity index (χ0) is 8.48. The Morgan fingerprint density at radius 3 is 2.45 bits per heavy atom. The summed E-state index contributed by atoms with van der Waals surface area (Å²) in [6, 6.07) is 0. The molecule has 0 radical (unpaired) electrons. The van der Waals surface area contributed by atoms with E-state index >= 15 is 0 Å². The van der Waals surface area contributed by atoms with Crippen LogP contribution in [0.5, 0.6) is 0 Å². The van der Waals surface area contributed by atoms with Gasteiger partial charge < -0.3 is 5.32 Å². The molecule has 1 unspecified atom stereocenters. The first-order valence-electron chi connectivity index (χ1n) is 4.03. The van der Waals surface area contributed by atoms with E-state index in [4.69, 9.17) is 0 Å². The fourth-order valence-corrected chi connectivity index (χ4v) is 1.66. The molecule has 0 aliphatic carbocycles. The maximum Gasteiger partial charge on any atom is 0.242 e. The van der Waals surface area contributed by atoms with Crippen LogP contribution in [0, 0.1) is 11.3 Å². The Balaban J connectivity index is 2.60. The van der Waals surface area contributed by atoms with E-state index in [9.17, 15) is 8.78 Å². The Hall–Kier alpha value is -0.180. The monoisotopic (exact) mass is 163 g/mol. The topological polar surface area (TPSA) is 12.0 Å². The van der Waals surface area contributed by atoms with Crippen molar-refractivity contribution in [1.29, 1.82) is 0 Å².